The van der Waals surface area contributed by atoms with E-state index in [1.807, 2.05) is 6.08 Å². The maximum atomic E-state index is 12.9. The molecule has 0 aromatic heterocycles. The van der Waals surface area contributed by atoms with Gasteiger partial charge in [0.2, 0.25) is 0 Å². The number of esters is 3. The Labute approximate surface area is 501 Å². The molecule has 462 valence electrons. The highest BCUT2D eigenvalue weighted by molar-refractivity contribution is 5.71. The van der Waals surface area contributed by atoms with Crippen LogP contribution in [0.2, 0.25) is 0 Å². The van der Waals surface area contributed by atoms with E-state index < -0.39 is 6.10 Å². The summed E-state index contributed by atoms with van der Waals surface area (Å²) in [6, 6.07) is 0. The van der Waals surface area contributed by atoms with Gasteiger partial charge < -0.3 is 14.2 Å². The van der Waals surface area contributed by atoms with Gasteiger partial charge in [0.25, 0.3) is 0 Å². The molecule has 0 N–H and O–H groups in total. The molecule has 0 aliphatic heterocycles. The molecule has 0 aliphatic rings. The molecule has 0 saturated heterocycles. The minimum Gasteiger partial charge on any atom is -0.462 e. The molecule has 0 aromatic carbocycles. The first kappa shape index (κ1) is 76.8. The van der Waals surface area contributed by atoms with Gasteiger partial charge in [0, 0.05) is 19.3 Å². The van der Waals surface area contributed by atoms with Crippen molar-refractivity contribution < 1.29 is 28.6 Å². The summed E-state index contributed by atoms with van der Waals surface area (Å²) in [6.07, 6.45) is 95.2. The molecule has 81 heavy (non-hydrogen) atoms. The largest absolute Gasteiger partial charge is 0.462 e. The third kappa shape index (κ3) is 66.5. The highest BCUT2D eigenvalue weighted by Crippen LogP contribution is 2.16. The van der Waals surface area contributed by atoms with Gasteiger partial charge in [-0.1, -0.05) is 296 Å². The van der Waals surface area contributed by atoms with Crippen LogP contribution in [0.15, 0.2) is 122 Å². The Hall–Kier alpha value is -4.19. The van der Waals surface area contributed by atoms with E-state index in [2.05, 4.69) is 136 Å². The third-order valence-electron chi connectivity index (χ3n) is 14.4. The fourth-order valence-electron chi connectivity index (χ4n) is 9.35. The van der Waals surface area contributed by atoms with Crippen molar-refractivity contribution in [2.24, 2.45) is 0 Å². The van der Waals surface area contributed by atoms with E-state index in [0.717, 1.165) is 89.9 Å². The smallest absolute Gasteiger partial charge is 0.306 e. The van der Waals surface area contributed by atoms with Gasteiger partial charge in [-0.15, -0.1) is 0 Å². The number of rotatable bonds is 61. The number of ether oxygens (including phenoxy) is 3. The molecule has 0 amide bonds. The number of unbranched alkanes of at least 4 members (excludes halogenated alkanes) is 30. The van der Waals surface area contributed by atoms with Crippen LogP contribution in [-0.4, -0.2) is 37.2 Å². The average molecular weight is 1120 g/mol. The summed E-state index contributed by atoms with van der Waals surface area (Å²) in [7, 11) is 0. The zero-order valence-electron chi connectivity index (χ0n) is 53.0. The predicted octanol–water partition coefficient (Wildman–Crippen LogP) is 23.6. The Morgan fingerprint density at radius 2 is 0.506 bits per heavy atom. The van der Waals surface area contributed by atoms with E-state index in [1.165, 1.54) is 180 Å². The van der Waals surface area contributed by atoms with Crippen molar-refractivity contribution in [3.05, 3.63) is 122 Å². The molecule has 0 radical (unpaired) electrons. The van der Waals surface area contributed by atoms with E-state index in [1.54, 1.807) is 0 Å². The van der Waals surface area contributed by atoms with Gasteiger partial charge >= 0.3 is 17.9 Å². The van der Waals surface area contributed by atoms with E-state index in [4.69, 9.17) is 14.2 Å². The monoisotopic (exact) mass is 1120 g/mol. The summed E-state index contributed by atoms with van der Waals surface area (Å²) in [5.41, 5.74) is 0. The van der Waals surface area contributed by atoms with E-state index in [9.17, 15) is 14.4 Å². The van der Waals surface area contributed by atoms with Crippen LogP contribution in [-0.2, 0) is 28.6 Å². The minimum absolute atomic E-state index is 0.105. The van der Waals surface area contributed by atoms with Gasteiger partial charge in [-0.25, -0.2) is 0 Å². The second kappa shape index (κ2) is 68.3. The van der Waals surface area contributed by atoms with Crippen LogP contribution in [0, 0.1) is 0 Å². The first-order valence-corrected chi connectivity index (χ1v) is 34.0. The molecule has 1 atom stereocenters. The van der Waals surface area contributed by atoms with Crippen molar-refractivity contribution >= 4 is 17.9 Å². The number of carbonyl (C=O) groups is 3. The summed E-state index contributed by atoms with van der Waals surface area (Å²) in [4.78, 5) is 38.3. The van der Waals surface area contributed by atoms with Crippen LogP contribution in [0.4, 0.5) is 0 Å². The van der Waals surface area contributed by atoms with E-state index >= 15 is 0 Å². The Morgan fingerprint density at radius 3 is 0.827 bits per heavy atom. The second-order valence-electron chi connectivity index (χ2n) is 22.3. The fourth-order valence-corrected chi connectivity index (χ4v) is 9.35. The van der Waals surface area contributed by atoms with Crippen molar-refractivity contribution in [3.8, 4) is 0 Å². The van der Waals surface area contributed by atoms with Gasteiger partial charge in [-0.2, -0.15) is 0 Å². The van der Waals surface area contributed by atoms with Crippen molar-refractivity contribution in [1.29, 1.82) is 0 Å². The molecule has 0 aliphatic carbocycles. The molecule has 1 unspecified atom stereocenters. The molecule has 0 fully saturated rings. The predicted molar refractivity (Wildman–Crippen MR) is 353 cm³/mol. The van der Waals surface area contributed by atoms with Crippen molar-refractivity contribution in [2.75, 3.05) is 13.2 Å². The lowest BCUT2D eigenvalue weighted by atomic mass is 10.0. The molecule has 6 heteroatoms. The van der Waals surface area contributed by atoms with Crippen molar-refractivity contribution in [3.63, 3.8) is 0 Å². The molecule has 0 saturated carbocycles. The maximum Gasteiger partial charge on any atom is 0.306 e. The van der Waals surface area contributed by atoms with Crippen molar-refractivity contribution in [1.82, 2.24) is 0 Å². The molecule has 0 aromatic rings. The number of allylic oxidation sites excluding steroid dienone is 20. The summed E-state index contributed by atoms with van der Waals surface area (Å²) in [6.45, 7) is 6.45. The van der Waals surface area contributed by atoms with Gasteiger partial charge in [0.15, 0.2) is 6.10 Å². The normalized spacial score (nSPS) is 12.9. The van der Waals surface area contributed by atoms with E-state index in [-0.39, 0.29) is 37.5 Å². The lowest BCUT2D eigenvalue weighted by Gasteiger charge is -2.18. The van der Waals surface area contributed by atoms with Gasteiger partial charge in [0.1, 0.15) is 13.2 Å². The zero-order chi connectivity index (χ0) is 58.5. The molecule has 0 rings (SSSR count). The molecular weight excluding hydrogens is 997 g/mol. The quantitative estimate of drug-likeness (QED) is 0.0261. The highest BCUT2D eigenvalue weighted by atomic mass is 16.6. The van der Waals surface area contributed by atoms with Crippen LogP contribution in [0.5, 0.6) is 0 Å². The van der Waals surface area contributed by atoms with Crippen LogP contribution >= 0.6 is 0 Å². The first-order valence-electron chi connectivity index (χ1n) is 34.0. The summed E-state index contributed by atoms with van der Waals surface area (Å²) in [5.74, 6) is -0.992. The summed E-state index contributed by atoms with van der Waals surface area (Å²) < 4.78 is 16.9. The SMILES string of the molecule is CC/C=C\C/C=C\C/C=C\C/C=C\CCC(=O)OCC(COC(=O)CCCCCCCCCCCC/C=C\C/C=C\C/C=C\CCCCCCC)OC(=O)CCCCCCCCCCCC/C=C\C/C=C\C/C=C\CCCCCCC. The first-order chi connectivity index (χ1) is 40.0. The van der Waals surface area contributed by atoms with Crippen LogP contribution < -0.4 is 0 Å². The molecule has 0 heterocycles. The summed E-state index contributed by atoms with van der Waals surface area (Å²) >= 11 is 0. The van der Waals surface area contributed by atoms with Gasteiger partial charge in [-0.3, -0.25) is 14.4 Å². The lowest BCUT2D eigenvalue weighted by molar-refractivity contribution is -0.166. The zero-order valence-corrected chi connectivity index (χ0v) is 53.0. The summed E-state index contributed by atoms with van der Waals surface area (Å²) in [5, 5.41) is 0. The molecular formula is C75H126O6. The Bertz CT molecular complexity index is 1670. The fraction of sp³-hybridized carbons (Fsp3) is 0.693. The van der Waals surface area contributed by atoms with Crippen LogP contribution in [0.3, 0.4) is 0 Å². The Morgan fingerprint density at radius 1 is 0.259 bits per heavy atom. The highest BCUT2D eigenvalue weighted by Gasteiger charge is 2.19. The second-order valence-corrected chi connectivity index (χ2v) is 22.3. The average Bonchev–Trinajstić information content (AvgIpc) is 3.46. The number of carbonyl (C=O) groups excluding carboxylic acids is 3. The Kier molecular flexibility index (Phi) is 64.8. The lowest BCUT2D eigenvalue weighted by Crippen LogP contribution is -2.30. The van der Waals surface area contributed by atoms with Gasteiger partial charge in [0.05, 0.1) is 0 Å². The van der Waals surface area contributed by atoms with E-state index in [0.29, 0.717) is 19.3 Å². The minimum atomic E-state index is -0.816. The third-order valence-corrected chi connectivity index (χ3v) is 14.4. The Balaban J connectivity index is 4.36. The molecule has 0 spiro atoms. The maximum absolute atomic E-state index is 12.9. The number of hydrogen-bond donors (Lipinski definition) is 0. The molecule has 6 nitrogen and oxygen atoms in total. The van der Waals surface area contributed by atoms with Gasteiger partial charge in [-0.05, 0) is 122 Å². The van der Waals surface area contributed by atoms with Crippen LogP contribution in [0.1, 0.15) is 316 Å². The number of hydrogen-bond acceptors (Lipinski definition) is 6. The van der Waals surface area contributed by atoms with Crippen LogP contribution in [0.25, 0.3) is 0 Å². The molecule has 0 bridgehead atoms. The standard InChI is InChI=1S/C75H126O6/c1-4-7-10-13-16-19-22-25-27-29-31-33-35-37-39-41-43-45-47-50-53-56-59-62-65-68-74(77)80-71-72(70-79-73(76)67-64-61-58-55-52-49-24-21-18-15-12-9-6-3)81-75(78)69-66-63-60-57-54-51-48-46-44-42-40-38-36-34-32-30-28-26-23-20-17-14-11-8-5-2/h9,12,18,21-23,25-26,29-32,35-38,49,52,58,61,72H,4-8,10-11,13-17,19-20,24,27-28,33-34,39-48,50-51,53-57,59-60,62-71H2,1-3H3/b12-9-,21-18-,25-22-,26-23-,31-29-,32-30-,37-35-,38-36-,52-49-,61-58-. The van der Waals surface area contributed by atoms with Crippen molar-refractivity contribution in [2.45, 2.75) is 322 Å². The topological polar surface area (TPSA) is 78.9 Å².